The predicted octanol–water partition coefficient (Wildman–Crippen LogP) is 5.55. The molecule has 1 aromatic heterocycles. The Labute approximate surface area is 235 Å². The van der Waals surface area contributed by atoms with Gasteiger partial charge in [0.05, 0.1) is 29.3 Å². The Morgan fingerprint density at radius 1 is 0.976 bits per heavy atom. The van der Waals surface area contributed by atoms with Crippen molar-refractivity contribution in [3.8, 4) is 5.75 Å². The van der Waals surface area contributed by atoms with Crippen molar-refractivity contribution in [3.63, 3.8) is 0 Å². The number of aliphatic hydroxyl groups excluding tert-OH is 1. The first kappa shape index (κ1) is 29.8. The number of aromatic nitrogens is 1. The molecule has 1 heterocycles. The standard InChI is InChI=1S/C29H27F3N2O6S/c1-3-39-28(36)21-10-14-23(15-11-21)41(37,38)34(18-20-8-12-22(13-9-20)40-29(30,31)32)27-19(2)24-6-4-5-7-25(24)26(33-27)16-17-35/h4-15,35H,3,16-18H2,1-2H3. The number of carbonyl (C=O) groups excluding carboxylic acids is 1. The number of alkyl halides is 3. The number of rotatable bonds is 10. The number of pyridine rings is 1. The second-order valence-corrected chi connectivity index (χ2v) is 10.8. The van der Waals surface area contributed by atoms with Gasteiger partial charge in [-0.25, -0.2) is 22.5 Å². The van der Waals surface area contributed by atoms with Crippen LogP contribution in [0.5, 0.6) is 5.75 Å². The highest BCUT2D eigenvalue weighted by Gasteiger charge is 2.32. The first-order chi connectivity index (χ1) is 19.4. The molecule has 3 aromatic carbocycles. The molecular formula is C29H27F3N2O6S. The molecule has 0 aliphatic heterocycles. The summed E-state index contributed by atoms with van der Waals surface area (Å²) in [5.74, 6) is -0.956. The summed E-state index contributed by atoms with van der Waals surface area (Å²) in [5, 5.41) is 11.2. The van der Waals surface area contributed by atoms with E-state index < -0.39 is 28.1 Å². The molecule has 0 saturated carbocycles. The molecule has 0 aliphatic carbocycles. The van der Waals surface area contributed by atoms with E-state index in [-0.39, 0.29) is 42.5 Å². The Bertz CT molecular complexity index is 1640. The first-order valence-electron chi connectivity index (χ1n) is 12.6. The van der Waals surface area contributed by atoms with Crippen molar-refractivity contribution in [2.24, 2.45) is 0 Å². The minimum Gasteiger partial charge on any atom is -0.462 e. The van der Waals surface area contributed by atoms with Crippen LogP contribution in [-0.4, -0.2) is 44.1 Å². The molecule has 1 N–H and O–H groups in total. The third-order valence-electron chi connectivity index (χ3n) is 6.24. The lowest BCUT2D eigenvalue weighted by molar-refractivity contribution is -0.274. The third kappa shape index (κ3) is 6.77. The van der Waals surface area contributed by atoms with Crippen LogP contribution in [0.15, 0.2) is 77.7 Å². The lowest BCUT2D eigenvalue weighted by atomic mass is 10.0. The van der Waals surface area contributed by atoms with Crippen molar-refractivity contribution in [2.45, 2.75) is 38.1 Å². The fourth-order valence-electron chi connectivity index (χ4n) is 4.33. The van der Waals surface area contributed by atoms with Crippen LogP contribution in [0.2, 0.25) is 0 Å². The largest absolute Gasteiger partial charge is 0.573 e. The Balaban J connectivity index is 1.84. The molecule has 0 bridgehead atoms. The van der Waals surface area contributed by atoms with Crippen molar-refractivity contribution in [1.82, 2.24) is 4.98 Å². The number of esters is 1. The summed E-state index contributed by atoms with van der Waals surface area (Å²) >= 11 is 0. The van der Waals surface area contributed by atoms with Crippen molar-refractivity contribution < 1.29 is 41.0 Å². The van der Waals surface area contributed by atoms with Crippen LogP contribution in [-0.2, 0) is 27.7 Å². The normalized spacial score (nSPS) is 11.9. The number of nitrogens with zero attached hydrogens (tertiary/aromatic N) is 2. The highest BCUT2D eigenvalue weighted by molar-refractivity contribution is 7.92. The maximum Gasteiger partial charge on any atom is 0.573 e. The molecule has 0 radical (unpaired) electrons. The number of halogens is 3. The van der Waals surface area contributed by atoms with E-state index in [1.54, 1.807) is 19.9 Å². The van der Waals surface area contributed by atoms with Gasteiger partial charge in [0, 0.05) is 24.0 Å². The minimum atomic E-state index is -4.87. The maximum absolute atomic E-state index is 14.1. The number of carbonyl (C=O) groups is 1. The van der Waals surface area contributed by atoms with E-state index in [4.69, 9.17) is 4.74 Å². The molecule has 0 spiro atoms. The Hall–Kier alpha value is -4.16. The van der Waals surface area contributed by atoms with Crippen LogP contribution in [0.25, 0.3) is 10.8 Å². The van der Waals surface area contributed by atoms with Crippen LogP contribution in [0, 0.1) is 6.92 Å². The monoisotopic (exact) mass is 588 g/mol. The highest BCUT2D eigenvalue weighted by atomic mass is 32.2. The predicted molar refractivity (Wildman–Crippen MR) is 146 cm³/mol. The van der Waals surface area contributed by atoms with E-state index in [0.717, 1.165) is 27.2 Å². The molecule has 0 unspecified atom stereocenters. The Kier molecular flexibility index (Phi) is 8.83. The highest BCUT2D eigenvalue weighted by Crippen LogP contribution is 2.34. The first-order valence-corrected chi connectivity index (χ1v) is 14.0. The third-order valence-corrected chi connectivity index (χ3v) is 7.99. The molecular weight excluding hydrogens is 561 g/mol. The fraction of sp³-hybridized carbons (Fsp3) is 0.241. The molecule has 216 valence electrons. The van der Waals surface area contributed by atoms with Gasteiger partial charge < -0.3 is 14.6 Å². The van der Waals surface area contributed by atoms with Crippen LogP contribution < -0.4 is 9.04 Å². The van der Waals surface area contributed by atoms with Gasteiger partial charge in [-0.1, -0.05) is 36.4 Å². The molecule has 0 amide bonds. The van der Waals surface area contributed by atoms with E-state index in [1.165, 1.54) is 36.4 Å². The number of aliphatic hydroxyl groups is 1. The Morgan fingerprint density at radius 3 is 2.20 bits per heavy atom. The average Bonchev–Trinajstić information content (AvgIpc) is 2.94. The SMILES string of the molecule is CCOC(=O)c1ccc(S(=O)(=O)N(Cc2ccc(OC(F)(F)F)cc2)c2nc(CCO)c3ccccc3c2C)cc1. The fourth-order valence-corrected chi connectivity index (χ4v) is 5.79. The smallest absolute Gasteiger partial charge is 0.462 e. The number of fused-ring (bicyclic) bond motifs is 1. The second kappa shape index (κ2) is 12.1. The van der Waals surface area contributed by atoms with Crippen molar-refractivity contribution in [2.75, 3.05) is 17.5 Å². The lowest BCUT2D eigenvalue weighted by Crippen LogP contribution is -2.32. The van der Waals surface area contributed by atoms with Gasteiger partial charge in [-0.15, -0.1) is 13.2 Å². The lowest BCUT2D eigenvalue weighted by Gasteiger charge is -2.27. The molecule has 0 aliphatic rings. The number of benzene rings is 3. The van der Waals surface area contributed by atoms with E-state index >= 15 is 0 Å². The quantitative estimate of drug-likeness (QED) is 0.242. The van der Waals surface area contributed by atoms with Gasteiger partial charge in [-0.2, -0.15) is 0 Å². The summed E-state index contributed by atoms with van der Waals surface area (Å²) in [4.78, 5) is 16.6. The van der Waals surface area contributed by atoms with Crippen molar-refractivity contribution >= 4 is 32.6 Å². The van der Waals surface area contributed by atoms with Gasteiger partial charge in [0.2, 0.25) is 0 Å². The Morgan fingerprint density at radius 2 is 1.61 bits per heavy atom. The van der Waals surface area contributed by atoms with Crippen LogP contribution in [0.1, 0.15) is 34.1 Å². The van der Waals surface area contributed by atoms with Gasteiger partial charge in [0.25, 0.3) is 10.0 Å². The molecule has 8 nitrogen and oxygen atoms in total. The topological polar surface area (TPSA) is 106 Å². The van der Waals surface area contributed by atoms with E-state index in [2.05, 4.69) is 9.72 Å². The second-order valence-electron chi connectivity index (χ2n) is 8.97. The minimum absolute atomic E-state index is 0.0947. The van der Waals surface area contributed by atoms with Gasteiger partial charge in [-0.05, 0) is 61.2 Å². The molecule has 0 atom stereocenters. The molecule has 0 fully saturated rings. The average molecular weight is 589 g/mol. The molecule has 0 saturated heterocycles. The number of aryl methyl sites for hydroxylation is 1. The maximum atomic E-state index is 14.1. The van der Waals surface area contributed by atoms with Gasteiger partial charge in [0.1, 0.15) is 11.6 Å². The van der Waals surface area contributed by atoms with Crippen LogP contribution in [0.4, 0.5) is 19.0 Å². The summed E-state index contributed by atoms with van der Waals surface area (Å²) in [7, 11) is -4.32. The summed E-state index contributed by atoms with van der Waals surface area (Å²) in [6.45, 7) is 3.03. The van der Waals surface area contributed by atoms with Gasteiger partial charge >= 0.3 is 12.3 Å². The summed E-state index contributed by atoms with van der Waals surface area (Å²) in [6.07, 6.45) is -4.71. The number of anilines is 1. The van der Waals surface area contributed by atoms with E-state index in [1.807, 2.05) is 18.2 Å². The van der Waals surface area contributed by atoms with Crippen LogP contribution in [0.3, 0.4) is 0 Å². The summed E-state index contributed by atoms with van der Waals surface area (Å²) in [6, 6.07) is 17.3. The zero-order chi connectivity index (χ0) is 29.8. The zero-order valence-electron chi connectivity index (χ0n) is 22.2. The zero-order valence-corrected chi connectivity index (χ0v) is 23.0. The van der Waals surface area contributed by atoms with Crippen LogP contribution >= 0.6 is 0 Å². The molecule has 4 rings (SSSR count). The molecule has 12 heteroatoms. The van der Waals surface area contributed by atoms with Crippen molar-refractivity contribution in [3.05, 3.63) is 95.2 Å². The number of hydrogen-bond acceptors (Lipinski definition) is 7. The van der Waals surface area contributed by atoms with Gasteiger partial charge in [-0.3, -0.25) is 0 Å². The summed E-state index contributed by atoms with van der Waals surface area (Å²) < 4.78 is 76.1. The summed E-state index contributed by atoms with van der Waals surface area (Å²) in [5.41, 5.74) is 1.56. The van der Waals surface area contributed by atoms with E-state index in [0.29, 0.717) is 16.8 Å². The molecule has 4 aromatic rings. The number of sulfonamides is 1. The molecule has 41 heavy (non-hydrogen) atoms. The number of hydrogen-bond donors (Lipinski definition) is 1. The van der Waals surface area contributed by atoms with Gasteiger partial charge in [0.15, 0.2) is 0 Å². The van der Waals surface area contributed by atoms with E-state index in [9.17, 15) is 31.5 Å². The number of ether oxygens (including phenoxy) is 2. The van der Waals surface area contributed by atoms with Crippen molar-refractivity contribution in [1.29, 1.82) is 0 Å².